The molecule has 0 bridgehead atoms. The molecule has 1 spiro atoms. The third-order valence-electron chi connectivity index (χ3n) is 8.32. The van der Waals surface area contributed by atoms with Crippen molar-refractivity contribution in [1.82, 2.24) is 9.88 Å². The van der Waals surface area contributed by atoms with Gasteiger partial charge in [0.05, 0.1) is 11.3 Å². The lowest BCUT2D eigenvalue weighted by atomic mass is 9.71. The number of hydrogen-bond donors (Lipinski definition) is 3. The molecule has 3 heterocycles. The van der Waals surface area contributed by atoms with Gasteiger partial charge in [0.15, 0.2) is 5.69 Å². The molecule has 2 saturated heterocycles. The molecule has 1 saturated carbocycles. The first-order valence-corrected chi connectivity index (χ1v) is 12.7. The fourth-order valence-electron chi connectivity index (χ4n) is 5.63. The molecule has 35 heavy (non-hydrogen) atoms. The Labute approximate surface area is 205 Å². The van der Waals surface area contributed by atoms with E-state index in [1.807, 2.05) is 0 Å². The number of carboxylic acids is 1. The minimum Gasteiger partial charge on any atom is -0.477 e. The van der Waals surface area contributed by atoms with Gasteiger partial charge in [0.2, 0.25) is 0 Å². The molecule has 3 aliphatic rings. The number of likely N-dealkylation sites (tertiary alicyclic amines) is 1. The van der Waals surface area contributed by atoms with Crippen molar-refractivity contribution in [3.05, 3.63) is 47.4 Å². The van der Waals surface area contributed by atoms with Crippen LogP contribution in [0.4, 0.5) is 21.6 Å². The van der Waals surface area contributed by atoms with Gasteiger partial charge in [-0.05, 0) is 94.4 Å². The first-order chi connectivity index (χ1) is 16.8. The maximum Gasteiger partial charge on any atom is 0.354 e. The van der Waals surface area contributed by atoms with E-state index in [1.54, 1.807) is 18.2 Å². The molecule has 186 valence electrons. The fourth-order valence-corrected chi connectivity index (χ4v) is 5.63. The van der Waals surface area contributed by atoms with E-state index < -0.39 is 5.97 Å². The minimum absolute atomic E-state index is 0.0469. The topological polar surface area (TPSA) is 92.6 Å². The van der Waals surface area contributed by atoms with Gasteiger partial charge in [0.25, 0.3) is 0 Å². The Morgan fingerprint density at radius 1 is 1.11 bits per heavy atom. The van der Waals surface area contributed by atoms with E-state index in [2.05, 4.69) is 27.1 Å². The summed E-state index contributed by atoms with van der Waals surface area (Å²) in [5, 5.41) is 22.1. The van der Waals surface area contributed by atoms with Gasteiger partial charge < -0.3 is 25.6 Å². The molecule has 2 aromatic rings. The minimum atomic E-state index is -1.10. The lowest BCUT2D eigenvalue weighted by molar-refractivity contribution is 0.0690. The van der Waals surface area contributed by atoms with Crippen molar-refractivity contribution >= 4 is 28.9 Å². The molecule has 1 aromatic carbocycles. The van der Waals surface area contributed by atoms with E-state index in [9.17, 15) is 14.3 Å². The van der Waals surface area contributed by atoms with E-state index in [4.69, 9.17) is 5.41 Å². The summed E-state index contributed by atoms with van der Waals surface area (Å²) in [5.74, 6) is -0.922. The van der Waals surface area contributed by atoms with Crippen molar-refractivity contribution in [1.29, 1.82) is 5.41 Å². The summed E-state index contributed by atoms with van der Waals surface area (Å²) >= 11 is 0. The number of carbonyl (C=O) groups is 1. The summed E-state index contributed by atoms with van der Waals surface area (Å²) in [4.78, 5) is 21.1. The highest BCUT2D eigenvalue weighted by Gasteiger charge is 2.38. The molecule has 0 atom stereocenters. The Kier molecular flexibility index (Phi) is 6.49. The van der Waals surface area contributed by atoms with Crippen LogP contribution in [0.3, 0.4) is 0 Å². The molecule has 3 N–H and O–H groups in total. The SMILES string of the molecule is CN1CCC2(CC1)CCN(c1cc(C(=O)O)nc(Nc3ccc(F)cc3)c1C(=N)C1CCC1)CC2. The molecular weight excluding hydrogens is 445 g/mol. The first kappa shape index (κ1) is 23.7. The van der Waals surface area contributed by atoms with Crippen LogP contribution in [0.2, 0.25) is 0 Å². The lowest BCUT2D eigenvalue weighted by Gasteiger charge is -2.47. The average Bonchev–Trinajstić information content (AvgIpc) is 2.81. The Morgan fingerprint density at radius 2 is 1.74 bits per heavy atom. The zero-order valence-corrected chi connectivity index (χ0v) is 20.3. The normalized spacial score (nSPS) is 20.5. The molecule has 0 amide bonds. The predicted molar refractivity (Wildman–Crippen MR) is 136 cm³/mol. The molecule has 7 nitrogen and oxygen atoms in total. The number of hydrogen-bond acceptors (Lipinski definition) is 6. The largest absolute Gasteiger partial charge is 0.477 e. The van der Waals surface area contributed by atoms with Gasteiger partial charge in [-0.25, -0.2) is 14.2 Å². The van der Waals surface area contributed by atoms with Crippen molar-refractivity contribution in [3.63, 3.8) is 0 Å². The van der Waals surface area contributed by atoms with Gasteiger partial charge in [-0.2, -0.15) is 0 Å². The van der Waals surface area contributed by atoms with E-state index in [0.717, 1.165) is 64.0 Å². The quantitative estimate of drug-likeness (QED) is 0.497. The van der Waals surface area contributed by atoms with Crippen molar-refractivity contribution < 1.29 is 14.3 Å². The van der Waals surface area contributed by atoms with Crippen LogP contribution in [0, 0.1) is 22.6 Å². The van der Waals surface area contributed by atoms with Crippen molar-refractivity contribution in [3.8, 4) is 0 Å². The number of aromatic nitrogens is 1. The van der Waals surface area contributed by atoms with Gasteiger partial charge in [-0.1, -0.05) is 6.42 Å². The summed E-state index contributed by atoms with van der Waals surface area (Å²) in [5.41, 5.74) is 2.90. The summed E-state index contributed by atoms with van der Waals surface area (Å²) in [6.07, 6.45) is 7.58. The number of benzene rings is 1. The molecule has 8 heteroatoms. The highest BCUT2D eigenvalue weighted by atomic mass is 19.1. The molecule has 0 radical (unpaired) electrons. The number of carboxylic acid groups (broad SMARTS) is 1. The van der Waals surface area contributed by atoms with E-state index in [-0.39, 0.29) is 17.4 Å². The third kappa shape index (κ3) is 4.89. The van der Waals surface area contributed by atoms with E-state index in [1.165, 1.54) is 25.0 Å². The zero-order valence-electron chi connectivity index (χ0n) is 20.3. The number of piperidine rings is 2. The number of pyridine rings is 1. The van der Waals surface area contributed by atoms with Gasteiger partial charge in [-0.15, -0.1) is 0 Å². The van der Waals surface area contributed by atoms with Gasteiger partial charge in [0, 0.05) is 30.4 Å². The van der Waals surface area contributed by atoms with Crippen LogP contribution in [0.15, 0.2) is 30.3 Å². The number of aromatic carboxylic acids is 1. The van der Waals surface area contributed by atoms with Gasteiger partial charge in [0.1, 0.15) is 11.6 Å². The molecule has 2 aliphatic heterocycles. The van der Waals surface area contributed by atoms with Crippen molar-refractivity contribution in [2.45, 2.75) is 44.9 Å². The van der Waals surface area contributed by atoms with Crippen LogP contribution in [0.5, 0.6) is 0 Å². The van der Waals surface area contributed by atoms with E-state index in [0.29, 0.717) is 28.2 Å². The predicted octanol–water partition coefficient (Wildman–Crippen LogP) is 5.14. The maximum atomic E-state index is 13.5. The highest BCUT2D eigenvalue weighted by molar-refractivity contribution is 6.10. The fraction of sp³-hybridized carbons (Fsp3) is 0.519. The number of halogens is 1. The number of nitrogens with zero attached hydrogens (tertiary/aromatic N) is 3. The Morgan fingerprint density at radius 3 is 2.31 bits per heavy atom. The second kappa shape index (κ2) is 9.57. The summed E-state index contributed by atoms with van der Waals surface area (Å²) in [7, 11) is 2.18. The van der Waals surface area contributed by atoms with Crippen LogP contribution in [0.25, 0.3) is 0 Å². The monoisotopic (exact) mass is 479 g/mol. The maximum absolute atomic E-state index is 13.5. The molecule has 3 fully saturated rings. The average molecular weight is 480 g/mol. The Balaban J connectivity index is 1.51. The van der Waals surface area contributed by atoms with Gasteiger partial charge >= 0.3 is 5.97 Å². The summed E-state index contributed by atoms with van der Waals surface area (Å²) < 4.78 is 13.5. The third-order valence-corrected chi connectivity index (χ3v) is 8.32. The second-order valence-corrected chi connectivity index (χ2v) is 10.5. The van der Waals surface area contributed by atoms with Crippen LogP contribution in [0.1, 0.15) is 61.0 Å². The Bertz CT molecular complexity index is 1100. The number of rotatable bonds is 6. The highest BCUT2D eigenvalue weighted by Crippen LogP contribution is 2.44. The van der Waals surface area contributed by atoms with Crippen LogP contribution in [-0.4, -0.2) is 59.9 Å². The van der Waals surface area contributed by atoms with Crippen LogP contribution >= 0.6 is 0 Å². The number of anilines is 3. The molecule has 5 rings (SSSR count). The van der Waals surface area contributed by atoms with Crippen LogP contribution in [-0.2, 0) is 0 Å². The second-order valence-electron chi connectivity index (χ2n) is 10.5. The number of nitrogens with one attached hydrogen (secondary N) is 2. The summed E-state index contributed by atoms with van der Waals surface area (Å²) in [6, 6.07) is 7.56. The smallest absolute Gasteiger partial charge is 0.354 e. The van der Waals surface area contributed by atoms with Crippen molar-refractivity contribution in [2.24, 2.45) is 11.3 Å². The van der Waals surface area contributed by atoms with E-state index >= 15 is 0 Å². The molecule has 0 unspecified atom stereocenters. The van der Waals surface area contributed by atoms with Crippen molar-refractivity contribution in [2.75, 3.05) is 43.4 Å². The molecule has 1 aliphatic carbocycles. The van der Waals surface area contributed by atoms with Gasteiger partial charge in [-0.3, -0.25) is 0 Å². The first-order valence-electron chi connectivity index (χ1n) is 12.7. The lowest BCUT2D eigenvalue weighted by Crippen LogP contribution is -2.46. The Hall–Kier alpha value is -3.00. The molecule has 1 aromatic heterocycles. The van der Waals surface area contributed by atoms with Crippen LogP contribution < -0.4 is 10.2 Å². The zero-order chi connectivity index (χ0) is 24.6. The summed E-state index contributed by atoms with van der Waals surface area (Å²) in [6.45, 7) is 3.94. The molecular formula is C27H34FN5O2. The standard InChI is InChI=1S/C27H34FN5O2/c1-32-13-9-27(10-14-32)11-15-33(16-12-27)22-17-21(26(34)35)31-25(23(22)24(29)18-3-2-4-18)30-20-7-5-19(28)6-8-20/h5-8,17-18,29H,2-4,9-16H2,1H3,(H,30,31)(H,34,35).